The lowest BCUT2D eigenvalue weighted by atomic mass is 10.1. The molecule has 0 fully saturated rings. The fraction of sp³-hybridized carbons (Fsp3) is 0.188. The second-order valence-corrected chi connectivity index (χ2v) is 10.8. The zero-order valence-electron chi connectivity index (χ0n) is 14.6. The fourth-order valence-electron chi connectivity index (χ4n) is 2.22. The first-order valence-corrected chi connectivity index (χ1v) is 11.3. The lowest BCUT2D eigenvalue weighted by Crippen LogP contribution is -2.45. The summed E-state index contributed by atoms with van der Waals surface area (Å²) in [6.45, 7) is 0.840. The Labute approximate surface area is 162 Å². The van der Waals surface area contributed by atoms with Crippen molar-refractivity contribution in [1.29, 1.82) is 0 Å². The van der Waals surface area contributed by atoms with E-state index in [1.54, 1.807) is 0 Å². The standard InChI is InChI=1S/C16H15F6NO4S2/c1-16(25,10-28(26,27)13-6-2-11(17)3-7-13)15(24)23-12-4-8-14(9-5-12)29(18,19,20,21)22/h2-9,25H,10H2,1H3,(H,23,24). The van der Waals surface area contributed by atoms with Crippen LogP contribution in [0.15, 0.2) is 58.3 Å². The molecule has 0 saturated heterocycles. The third-order valence-electron chi connectivity index (χ3n) is 3.69. The van der Waals surface area contributed by atoms with Crippen molar-refractivity contribution < 1.29 is 42.1 Å². The molecule has 0 aliphatic carbocycles. The molecule has 0 saturated carbocycles. The summed E-state index contributed by atoms with van der Waals surface area (Å²) < 4.78 is 101. The van der Waals surface area contributed by atoms with Crippen LogP contribution in [-0.2, 0) is 14.6 Å². The molecule has 0 aliphatic rings. The summed E-state index contributed by atoms with van der Waals surface area (Å²) in [6.07, 6.45) is 0. The highest BCUT2D eigenvalue weighted by molar-refractivity contribution is 8.45. The highest BCUT2D eigenvalue weighted by Gasteiger charge is 2.65. The normalized spacial score (nSPS) is 17.0. The fourth-order valence-corrected chi connectivity index (χ4v) is 4.46. The van der Waals surface area contributed by atoms with Crippen LogP contribution < -0.4 is 5.32 Å². The SMILES string of the molecule is CC(O)(CS(=O)(=O)c1ccc(F)cc1)C(=O)Nc1ccc(S(F)(F)(F)(F)F)cc1. The van der Waals surface area contributed by atoms with E-state index in [1.165, 1.54) is 0 Å². The Balaban J connectivity index is 2.18. The van der Waals surface area contributed by atoms with Crippen molar-refractivity contribution in [3.05, 3.63) is 54.3 Å². The van der Waals surface area contributed by atoms with E-state index in [0.29, 0.717) is 12.1 Å². The van der Waals surface area contributed by atoms with Crippen LogP contribution in [0.4, 0.5) is 29.5 Å². The summed E-state index contributed by atoms with van der Waals surface area (Å²) in [5.41, 5.74) is -2.91. The molecule has 29 heavy (non-hydrogen) atoms. The minimum atomic E-state index is -9.88. The molecule has 13 heteroatoms. The first-order chi connectivity index (χ1) is 12.8. The summed E-state index contributed by atoms with van der Waals surface area (Å²) >= 11 is 0. The summed E-state index contributed by atoms with van der Waals surface area (Å²) in [5, 5.41) is 12.2. The highest BCUT2D eigenvalue weighted by atomic mass is 32.5. The van der Waals surface area contributed by atoms with Gasteiger partial charge in [-0.25, -0.2) is 12.8 Å². The monoisotopic (exact) mass is 463 g/mol. The average Bonchev–Trinajstić information content (AvgIpc) is 2.52. The Hall–Kier alpha value is -2.25. The molecule has 5 nitrogen and oxygen atoms in total. The number of aliphatic hydroxyl groups is 1. The largest absolute Gasteiger partial charge is 0.379 e. The quantitative estimate of drug-likeness (QED) is 0.483. The molecular weight excluding hydrogens is 448 g/mol. The number of rotatable bonds is 6. The second kappa shape index (κ2) is 6.37. The van der Waals surface area contributed by atoms with Crippen LogP contribution in [0.3, 0.4) is 0 Å². The Morgan fingerprint density at radius 3 is 1.93 bits per heavy atom. The maximum atomic E-state index is 12.9. The van der Waals surface area contributed by atoms with E-state index in [2.05, 4.69) is 0 Å². The summed E-state index contributed by atoms with van der Waals surface area (Å²) in [7, 11) is -14.1. The molecule has 162 valence electrons. The van der Waals surface area contributed by atoms with E-state index in [0.717, 1.165) is 31.2 Å². The van der Waals surface area contributed by atoms with Gasteiger partial charge in [0.15, 0.2) is 15.4 Å². The molecule has 1 unspecified atom stereocenters. The second-order valence-electron chi connectivity index (χ2n) is 6.43. The topological polar surface area (TPSA) is 83.5 Å². The molecule has 0 bridgehead atoms. The molecule has 0 aliphatic heterocycles. The van der Waals surface area contributed by atoms with E-state index in [4.69, 9.17) is 0 Å². The molecule has 0 aromatic heterocycles. The molecule has 2 rings (SSSR count). The maximum absolute atomic E-state index is 12.9. The van der Waals surface area contributed by atoms with Crippen LogP contribution in [-0.4, -0.2) is 30.8 Å². The number of hydrogen-bond acceptors (Lipinski definition) is 4. The van der Waals surface area contributed by atoms with Crippen molar-refractivity contribution in [2.45, 2.75) is 22.3 Å². The number of benzene rings is 2. The molecule has 1 amide bonds. The number of nitrogens with one attached hydrogen (secondary N) is 1. The number of hydrogen-bond donors (Lipinski definition) is 2. The predicted octanol–water partition coefficient (Wildman–Crippen LogP) is 4.65. The molecule has 2 N–H and O–H groups in total. The Morgan fingerprint density at radius 2 is 1.48 bits per heavy atom. The van der Waals surface area contributed by atoms with Crippen LogP contribution in [0.2, 0.25) is 0 Å². The van der Waals surface area contributed by atoms with E-state index in [9.17, 15) is 42.1 Å². The van der Waals surface area contributed by atoms with Crippen molar-refractivity contribution in [2.24, 2.45) is 0 Å². The van der Waals surface area contributed by atoms with Crippen molar-refractivity contribution in [3.8, 4) is 0 Å². The number of carbonyl (C=O) groups excluding carboxylic acids is 1. The maximum Gasteiger partial charge on any atom is 0.310 e. The third-order valence-corrected chi connectivity index (χ3v) is 6.79. The van der Waals surface area contributed by atoms with Gasteiger partial charge in [-0.2, -0.15) is 0 Å². The summed E-state index contributed by atoms with van der Waals surface area (Å²) in [6, 6.07) is 4.77. The van der Waals surface area contributed by atoms with Gasteiger partial charge in [0.05, 0.1) is 10.6 Å². The number of amides is 1. The Kier molecular flexibility index (Phi) is 5.06. The van der Waals surface area contributed by atoms with Gasteiger partial charge >= 0.3 is 10.2 Å². The Bertz CT molecular complexity index is 1030. The van der Waals surface area contributed by atoms with Crippen LogP contribution in [0, 0.1) is 5.82 Å². The molecule has 1 atom stereocenters. The molecule has 0 spiro atoms. The van der Waals surface area contributed by atoms with Crippen molar-refractivity contribution in [2.75, 3.05) is 11.1 Å². The molecule has 0 heterocycles. The molecule has 2 aromatic carbocycles. The van der Waals surface area contributed by atoms with Gasteiger partial charge in [-0.15, -0.1) is 0 Å². The Morgan fingerprint density at radius 1 is 1.00 bits per heavy atom. The van der Waals surface area contributed by atoms with Gasteiger partial charge in [0.1, 0.15) is 10.7 Å². The molecule has 0 radical (unpaired) electrons. The van der Waals surface area contributed by atoms with E-state index >= 15 is 0 Å². The van der Waals surface area contributed by atoms with Crippen molar-refractivity contribution in [1.82, 2.24) is 0 Å². The van der Waals surface area contributed by atoms with Crippen molar-refractivity contribution in [3.63, 3.8) is 0 Å². The predicted molar refractivity (Wildman–Crippen MR) is 95.5 cm³/mol. The van der Waals surface area contributed by atoms with E-state index < -0.39 is 48.0 Å². The van der Waals surface area contributed by atoms with Crippen LogP contribution in [0.5, 0.6) is 0 Å². The molecular formula is C16H15F6NO4S2. The number of halogens is 6. The van der Waals surface area contributed by atoms with Gasteiger partial charge < -0.3 is 10.4 Å². The smallest absolute Gasteiger partial charge is 0.310 e. The van der Waals surface area contributed by atoms with Crippen LogP contribution in [0.1, 0.15) is 6.92 Å². The summed E-state index contributed by atoms with van der Waals surface area (Å²) in [5.74, 6) is -3.13. The lowest BCUT2D eigenvalue weighted by Gasteiger charge is -2.40. The number of sulfone groups is 1. The summed E-state index contributed by atoms with van der Waals surface area (Å²) in [4.78, 5) is 9.62. The number of carbonyl (C=O) groups is 1. The zero-order chi connectivity index (χ0) is 22.4. The van der Waals surface area contributed by atoms with Crippen LogP contribution >= 0.6 is 10.2 Å². The first-order valence-electron chi connectivity index (χ1n) is 7.66. The minimum Gasteiger partial charge on any atom is -0.379 e. The number of anilines is 1. The third kappa shape index (κ3) is 5.87. The minimum absolute atomic E-state index is 0.0567. The van der Waals surface area contributed by atoms with Crippen molar-refractivity contribution >= 4 is 31.7 Å². The van der Waals surface area contributed by atoms with Gasteiger partial charge in [0.2, 0.25) is 0 Å². The average molecular weight is 463 g/mol. The molecule has 2 aromatic rings. The van der Waals surface area contributed by atoms with Gasteiger partial charge in [0, 0.05) is 5.69 Å². The van der Waals surface area contributed by atoms with E-state index in [-0.39, 0.29) is 22.7 Å². The first kappa shape index (κ1) is 23.0. The van der Waals surface area contributed by atoms with Crippen LogP contribution in [0.25, 0.3) is 0 Å². The zero-order valence-corrected chi connectivity index (χ0v) is 16.2. The lowest BCUT2D eigenvalue weighted by molar-refractivity contribution is -0.130. The van der Waals surface area contributed by atoms with Gasteiger partial charge in [-0.3, -0.25) is 4.79 Å². The van der Waals surface area contributed by atoms with E-state index in [1.807, 2.05) is 5.32 Å². The van der Waals surface area contributed by atoms with Gasteiger partial charge in [-0.1, -0.05) is 19.4 Å². The highest BCUT2D eigenvalue weighted by Crippen LogP contribution is 3.02. The van der Waals surface area contributed by atoms with Gasteiger partial charge in [0.25, 0.3) is 5.91 Å². The van der Waals surface area contributed by atoms with Gasteiger partial charge in [-0.05, 0) is 55.5 Å².